The van der Waals surface area contributed by atoms with Crippen molar-refractivity contribution in [3.05, 3.63) is 35.2 Å². The molecule has 0 spiro atoms. The van der Waals surface area contributed by atoms with Crippen LogP contribution in [0.25, 0.3) is 0 Å². The van der Waals surface area contributed by atoms with Crippen LogP contribution in [-0.4, -0.2) is 62.2 Å². The molecule has 5 N–H and O–H groups in total. The van der Waals surface area contributed by atoms with Gasteiger partial charge in [0.2, 0.25) is 17.6 Å². The second-order valence-corrected chi connectivity index (χ2v) is 8.24. The standard InChI is InChI=1S/C24H32N4O7/c1-33-19-9-14(10-20(34-2)23(19)35-3)5-4-6-15(11-21(30)28-32)24(31)27-13-18(29)16-12-26-17-7-8-25-22(16)17/h9-10,12,15,25-26,32H,4-8,11,13H2,1-3H3,(H,27,31)(H,28,30). The summed E-state index contributed by atoms with van der Waals surface area (Å²) in [7, 11) is 4.60. The predicted octanol–water partition coefficient (Wildman–Crippen LogP) is 1.84. The van der Waals surface area contributed by atoms with E-state index in [1.165, 1.54) is 21.3 Å². The van der Waals surface area contributed by atoms with Gasteiger partial charge in [-0.05, 0) is 37.0 Å². The monoisotopic (exact) mass is 488 g/mol. The van der Waals surface area contributed by atoms with Crippen LogP contribution in [0.2, 0.25) is 0 Å². The van der Waals surface area contributed by atoms with Crippen molar-refractivity contribution >= 4 is 23.3 Å². The van der Waals surface area contributed by atoms with Gasteiger partial charge in [0.05, 0.1) is 39.1 Å². The zero-order valence-corrected chi connectivity index (χ0v) is 20.2. The number of aromatic nitrogens is 1. The van der Waals surface area contributed by atoms with E-state index in [-0.39, 0.29) is 18.7 Å². The first kappa shape index (κ1) is 25.9. The number of Topliss-reactive ketones (excluding diaryl/α,β-unsaturated/α-hetero) is 1. The van der Waals surface area contributed by atoms with E-state index in [1.54, 1.807) is 11.7 Å². The molecule has 0 radical (unpaired) electrons. The molecule has 0 bridgehead atoms. The van der Waals surface area contributed by atoms with Crippen molar-refractivity contribution in [3.8, 4) is 17.2 Å². The molecule has 11 heteroatoms. The van der Waals surface area contributed by atoms with Crippen LogP contribution in [0.3, 0.4) is 0 Å². The van der Waals surface area contributed by atoms with Crippen LogP contribution in [-0.2, 0) is 22.4 Å². The smallest absolute Gasteiger partial charge is 0.244 e. The third kappa shape index (κ3) is 6.24. The van der Waals surface area contributed by atoms with Crippen molar-refractivity contribution in [3.63, 3.8) is 0 Å². The maximum atomic E-state index is 12.8. The minimum absolute atomic E-state index is 0.186. The third-order valence-electron chi connectivity index (χ3n) is 6.03. The Morgan fingerprint density at radius 3 is 2.46 bits per heavy atom. The van der Waals surface area contributed by atoms with Gasteiger partial charge in [0.1, 0.15) is 0 Å². The van der Waals surface area contributed by atoms with Crippen molar-refractivity contribution in [2.45, 2.75) is 32.1 Å². The van der Waals surface area contributed by atoms with Crippen molar-refractivity contribution in [2.75, 3.05) is 39.7 Å². The zero-order valence-electron chi connectivity index (χ0n) is 20.2. The molecule has 2 aromatic rings. The number of nitrogens with one attached hydrogen (secondary N) is 4. The first-order chi connectivity index (χ1) is 16.9. The number of rotatable bonds is 13. The molecule has 190 valence electrons. The first-order valence-electron chi connectivity index (χ1n) is 11.4. The summed E-state index contributed by atoms with van der Waals surface area (Å²) in [5.74, 6) is -0.493. The Morgan fingerprint density at radius 1 is 1.11 bits per heavy atom. The molecule has 35 heavy (non-hydrogen) atoms. The average Bonchev–Trinajstić information content (AvgIpc) is 3.49. The fraction of sp³-hybridized carbons (Fsp3) is 0.458. The molecule has 11 nitrogen and oxygen atoms in total. The molecule has 1 atom stereocenters. The molecule has 0 aliphatic carbocycles. The van der Waals surface area contributed by atoms with E-state index >= 15 is 0 Å². The number of anilines is 1. The topological polar surface area (TPSA) is 151 Å². The number of H-pyrrole nitrogens is 1. The first-order valence-corrected chi connectivity index (χ1v) is 11.4. The summed E-state index contributed by atoms with van der Waals surface area (Å²) in [6, 6.07) is 3.66. The number of fused-ring (bicyclic) bond motifs is 1. The van der Waals surface area contributed by atoms with Crippen molar-refractivity contribution < 1.29 is 33.8 Å². The normalized spacial score (nSPS) is 12.8. The fourth-order valence-electron chi connectivity index (χ4n) is 4.23. The lowest BCUT2D eigenvalue weighted by molar-refractivity contribution is -0.134. The number of carbonyl (C=O) groups is 3. The number of methoxy groups -OCH3 is 3. The van der Waals surface area contributed by atoms with E-state index in [0.29, 0.717) is 42.1 Å². The van der Waals surface area contributed by atoms with Gasteiger partial charge in [-0.25, -0.2) is 5.48 Å². The minimum atomic E-state index is -0.716. The largest absolute Gasteiger partial charge is 0.493 e. The van der Waals surface area contributed by atoms with E-state index < -0.39 is 17.7 Å². The number of hydrogen-bond acceptors (Lipinski definition) is 8. The van der Waals surface area contributed by atoms with Crippen LogP contribution < -0.4 is 30.3 Å². The zero-order chi connectivity index (χ0) is 25.4. The molecular weight excluding hydrogens is 456 g/mol. The highest BCUT2D eigenvalue weighted by atomic mass is 16.5. The van der Waals surface area contributed by atoms with Gasteiger partial charge in [-0.3, -0.25) is 19.6 Å². The Hall–Kier alpha value is -3.73. The van der Waals surface area contributed by atoms with E-state index in [1.807, 2.05) is 12.1 Å². The van der Waals surface area contributed by atoms with E-state index in [0.717, 1.165) is 29.9 Å². The van der Waals surface area contributed by atoms with Gasteiger partial charge < -0.3 is 29.8 Å². The van der Waals surface area contributed by atoms with Crippen LogP contribution in [0.1, 0.15) is 40.9 Å². The lowest BCUT2D eigenvalue weighted by Gasteiger charge is -2.17. The number of ether oxygens (including phenoxy) is 3. The molecule has 0 fully saturated rings. The minimum Gasteiger partial charge on any atom is -0.493 e. The van der Waals surface area contributed by atoms with Crippen LogP contribution in [0.15, 0.2) is 18.3 Å². The summed E-state index contributed by atoms with van der Waals surface area (Å²) in [6.07, 6.45) is 3.77. The van der Waals surface area contributed by atoms with Gasteiger partial charge >= 0.3 is 0 Å². The van der Waals surface area contributed by atoms with Gasteiger partial charge in [-0.15, -0.1) is 0 Å². The predicted molar refractivity (Wildman–Crippen MR) is 127 cm³/mol. The van der Waals surface area contributed by atoms with Gasteiger partial charge in [-0.1, -0.05) is 0 Å². The number of benzene rings is 1. The quantitative estimate of drug-likeness (QED) is 0.163. The Labute approximate surface area is 203 Å². The lowest BCUT2D eigenvalue weighted by Crippen LogP contribution is -2.37. The molecular formula is C24H32N4O7. The summed E-state index contributed by atoms with van der Waals surface area (Å²) < 4.78 is 16.1. The highest BCUT2D eigenvalue weighted by molar-refractivity contribution is 6.04. The molecule has 0 saturated heterocycles. The van der Waals surface area contributed by atoms with Crippen molar-refractivity contribution in [1.82, 2.24) is 15.8 Å². The molecule has 1 aromatic carbocycles. The van der Waals surface area contributed by atoms with Gasteiger partial charge in [0.15, 0.2) is 17.3 Å². The maximum absolute atomic E-state index is 12.8. The molecule has 0 saturated carbocycles. The number of ketones is 1. The molecule has 1 aromatic heterocycles. The molecule has 1 aliphatic heterocycles. The van der Waals surface area contributed by atoms with E-state index in [9.17, 15) is 14.4 Å². The maximum Gasteiger partial charge on any atom is 0.244 e. The van der Waals surface area contributed by atoms with Crippen molar-refractivity contribution in [2.24, 2.45) is 5.92 Å². The summed E-state index contributed by atoms with van der Waals surface area (Å²) in [4.78, 5) is 40.3. The van der Waals surface area contributed by atoms with Crippen LogP contribution >= 0.6 is 0 Å². The summed E-state index contributed by atoms with van der Waals surface area (Å²) in [5.41, 5.74) is 4.75. The molecule has 3 rings (SSSR count). The number of amides is 2. The van der Waals surface area contributed by atoms with Crippen molar-refractivity contribution in [1.29, 1.82) is 0 Å². The fourth-order valence-corrected chi connectivity index (χ4v) is 4.23. The second-order valence-electron chi connectivity index (χ2n) is 8.24. The Bertz CT molecular complexity index is 1040. The van der Waals surface area contributed by atoms with E-state index in [2.05, 4.69) is 15.6 Å². The molecule has 2 heterocycles. The molecule has 1 aliphatic rings. The van der Waals surface area contributed by atoms with Crippen LogP contribution in [0.4, 0.5) is 5.69 Å². The number of aromatic amines is 1. The second kappa shape index (κ2) is 12.1. The number of aryl methyl sites for hydroxylation is 1. The molecule has 1 unspecified atom stereocenters. The van der Waals surface area contributed by atoms with Gasteiger partial charge in [0, 0.05) is 37.2 Å². The number of hydroxylamine groups is 1. The lowest BCUT2D eigenvalue weighted by atomic mass is 9.95. The highest BCUT2D eigenvalue weighted by Gasteiger charge is 2.25. The highest BCUT2D eigenvalue weighted by Crippen LogP contribution is 2.38. The van der Waals surface area contributed by atoms with Gasteiger partial charge in [-0.2, -0.15) is 0 Å². The number of carbonyl (C=O) groups excluding carboxylic acids is 3. The van der Waals surface area contributed by atoms with Crippen LogP contribution in [0, 0.1) is 5.92 Å². The van der Waals surface area contributed by atoms with Crippen LogP contribution in [0.5, 0.6) is 17.2 Å². The summed E-state index contributed by atoms with van der Waals surface area (Å²) in [5, 5.41) is 14.7. The van der Waals surface area contributed by atoms with E-state index in [4.69, 9.17) is 19.4 Å². The Kier molecular flexibility index (Phi) is 8.96. The van der Waals surface area contributed by atoms with Gasteiger partial charge in [0.25, 0.3) is 0 Å². The molecule has 2 amide bonds. The Morgan fingerprint density at radius 2 is 1.83 bits per heavy atom. The summed E-state index contributed by atoms with van der Waals surface area (Å²) >= 11 is 0. The number of hydrogen-bond donors (Lipinski definition) is 5. The SMILES string of the molecule is COc1cc(CCCC(CC(=O)NO)C(=O)NCC(=O)c2c[nH]c3c2NCC3)cc(OC)c1OC. The summed E-state index contributed by atoms with van der Waals surface area (Å²) in [6.45, 7) is 0.577. The Balaban J connectivity index is 1.60. The average molecular weight is 489 g/mol. The third-order valence-corrected chi connectivity index (χ3v) is 6.03.